The Labute approximate surface area is 123 Å². The first-order valence-electron chi connectivity index (χ1n) is 7.70. The van der Waals surface area contributed by atoms with E-state index in [0.29, 0.717) is 29.7 Å². The molecule has 1 N–H and O–H groups in total. The number of para-hydroxylation sites is 1. The van der Waals surface area contributed by atoms with E-state index in [0.717, 1.165) is 13.0 Å². The quantitative estimate of drug-likeness (QED) is 0.944. The molecule has 1 aliphatic rings. The first-order chi connectivity index (χ1) is 10.1. The van der Waals surface area contributed by atoms with Crippen LogP contribution in [-0.4, -0.2) is 33.1 Å². The molecular formula is C16H22FN3O. The molecule has 0 bridgehead atoms. The maximum atomic E-state index is 13.8. The van der Waals surface area contributed by atoms with Gasteiger partial charge in [0.25, 0.3) is 0 Å². The van der Waals surface area contributed by atoms with Crippen molar-refractivity contribution < 1.29 is 4.39 Å². The number of nitrogens with one attached hydrogen (secondary N) is 1. The molecule has 21 heavy (non-hydrogen) atoms. The van der Waals surface area contributed by atoms with Crippen molar-refractivity contribution in [3.05, 3.63) is 34.5 Å². The van der Waals surface area contributed by atoms with Crippen LogP contribution in [0.2, 0.25) is 0 Å². The van der Waals surface area contributed by atoms with E-state index in [2.05, 4.69) is 23.7 Å². The smallest absolute Gasteiger partial charge is 0.303 e. The Balaban J connectivity index is 1.96. The summed E-state index contributed by atoms with van der Waals surface area (Å²) in [7, 11) is 0. The molecule has 2 aromatic rings. The van der Waals surface area contributed by atoms with Crippen molar-refractivity contribution in [2.24, 2.45) is 0 Å². The average Bonchev–Trinajstić information content (AvgIpc) is 2.78. The normalized spacial score (nSPS) is 20.5. The van der Waals surface area contributed by atoms with Gasteiger partial charge in [-0.25, -0.2) is 9.18 Å². The molecule has 0 radical (unpaired) electrons. The van der Waals surface area contributed by atoms with E-state index in [1.807, 2.05) is 0 Å². The molecule has 0 aliphatic carbocycles. The zero-order valence-electron chi connectivity index (χ0n) is 12.6. The molecule has 1 fully saturated rings. The van der Waals surface area contributed by atoms with E-state index >= 15 is 0 Å². The van der Waals surface area contributed by atoms with Gasteiger partial charge in [0.1, 0.15) is 11.3 Å². The van der Waals surface area contributed by atoms with E-state index in [1.54, 1.807) is 16.7 Å². The van der Waals surface area contributed by atoms with Crippen molar-refractivity contribution >= 4 is 11.0 Å². The summed E-state index contributed by atoms with van der Waals surface area (Å²) in [5, 5.41) is 0. The van der Waals surface area contributed by atoms with Crippen molar-refractivity contribution in [1.29, 1.82) is 0 Å². The van der Waals surface area contributed by atoms with E-state index < -0.39 is 0 Å². The van der Waals surface area contributed by atoms with Crippen LogP contribution in [0.3, 0.4) is 0 Å². The lowest BCUT2D eigenvalue weighted by Gasteiger charge is -2.38. The summed E-state index contributed by atoms with van der Waals surface area (Å²) in [6.07, 6.45) is 3.50. The summed E-state index contributed by atoms with van der Waals surface area (Å²) in [5.41, 5.74) is 0.757. The summed E-state index contributed by atoms with van der Waals surface area (Å²) >= 11 is 0. The highest BCUT2D eigenvalue weighted by Gasteiger charge is 2.26. The fraction of sp³-hybridized carbons (Fsp3) is 0.562. The second-order valence-electron chi connectivity index (χ2n) is 6.16. The molecule has 1 aliphatic heterocycles. The van der Waals surface area contributed by atoms with Crippen molar-refractivity contribution in [2.75, 3.05) is 6.54 Å². The van der Waals surface area contributed by atoms with Crippen LogP contribution in [0.1, 0.15) is 33.1 Å². The zero-order valence-corrected chi connectivity index (χ0v) is 12.6. The van der Waals surface area contributed by atoms with Crippen LogP contribution >= 0.6 is 0 Å². The minimum atomic E-state index is -0.368. The van der Waals surface area contributed by atoms with Crippen molar-refractivity contribution in [1.82, 2.24) is 14.5 Å². The van der Waals surface area contributed by atoms with Crippen LogP contribution in [0.15, 0.2) is 23.0 Å². The van der Waals surface area contributed by atoms with Gasteiger partial charge in [0, 0.05) is 18.6 Å². The highest BCUT2D eigenvalue weighted by Crippen LogP contribution is 2.22. The molecule has 3 rings (SSSR count). The molecule has 0 saturated carbocycles. The molecular weight excluding hydrogens is 269 g/mol. The van der Waals surface area contributed by atoms with Crippen LogP contribution in [0.4, 0.5) is 4.39 Å². The largest absolute Gasteiger partial charge is 0.326 e. The van der Waals surface area contributed by atoms with Gasteiger partial charge >= 0.3 is 5.69 Å². The monoisotopic (exact) mass is 291 g/mol. The Morgan fingerprint density at radius 1 is 1.38 bits per heavy atom. The van der Waals surface area contributed by atoms with E-state index in [-0.39, 0.29) is 11.5 Å². The van der Waals surface area contributed by atoms with Crippen molar-refractivity contribution in [2.45, 2.75) is 51.7 Å². The highest BCUT2D eigenvalue weighted by atomic mass is 19.1. The summed E-state index contributed by atoms with van der Waals surface area (Å²) in [5.74, 6) is -0.368. The number of nitrogens with zero attached hydrogens (tertiary/aromatic N) is 2. The topological polar surface area (TPSA) is 41.0 Å². The number of aromatic nitrogens is 2. The molecule has 1 atom stereocenters. The number of benzene rings is 1. The fourth-order valence-electron chi connectivity index (χ4n) is 3.44. The second-order valence-corrected chi connectivity index (χ2v) is 6.16. The lowest BCUT2D eigenvalue weighted by molar-refractivity contribution is 0.0993. The first kappa shape index (κ1) is 14.3. The van der Waals surface area contributed by atoms with Crippen molar-refractivity contribution in [3.8, 4) is 0 Å². The van der Waals surface area contributed by atoms with Crippen molar-refractivity contribution in [3.63, 3.8) is 0 Å². The molecule has 0 amide bonds. The summed E-state index contributed by atoms with van der Waals surface area (Å²) < 4.78 is 15.5. The van der Waals surface area contributed by atoms with Gasteiger partial charge in [0.05, 0.1) is 5.52 Å². The molecule has 2 heterocycles. The standard InChI is InChI=1S/C16H22FN3O/c1-11(2)19-9-4-3-6-12(19)10-20-14-8-5-7-13(17)15(14)18-16(20)21/h5,7-8,11-12H,3-4,6,9-10H2,1-2H3,(H,18,21). The van der Waals surface area contributed by atoms with Gasteiger partial charge in [0.15, 0.2) is 0 Å². The SMILES string of the molecule is CC(C)N1CCCCC1Cn1c(=O)[nH]c2c(F)cccc21. The number of likely N-dealkylation sites (tertiary alicyclic amines) is 1. The van der Waals surface area contributed by atoms with Gasteiger partial charge in [0.2, 0.25) is 0 Å². The van der Waals surface area contributed by atoms with Gasteiger partial charge in [-0.05, 0) is 45.4 Å². The van der Waals surface area contributed by atoms with Crippen LogP contribution in [-0.2, 0) is 6.54 Å². The van der Waals surface area contributed by atoms with Gasteiger partial charge in [-0.2, -0.15) is 0 Å². The molecule has 1 unspecified atom stereocenters. The number of H-pyrrole nitrogens is 1. The van der Waals surface area contributed by atoms with Crippen LogP contribution in [0.5, 0.6) is 0 Å². The maximum Gasteiger partial charge on any atom is 0.326 e. The lowest BCUT2D eigenvalue weighted by Crippen LogP contribution is -2.46. The molecule has 5 heteroatoms. The number of halogens is 1. The highest BCUT2D eigenvalue weighted by molar-refractivity contribution is 5.75. The van der Waals surface area contributed by atoms with Crippen LogP contribution in [0, 0.1) is 5.82 Å². The Kier molecular flexibility index (Phi) is 3.85. The Morgan fingerprint density at radius 3 is 2.95 bits per heavy atom. The second kappa shape index (κ2) is 5.64. The average molecular weight is 291 g/mol. The summed E-state index contributed by atoms with van der Waals surface area (Å²) in [6.45, 7) is 6.08. The molecule has 4 nitrogen and oxygen atoms in total. The van der Waals surface area contributed by atoms with Crippen LogP contribution in [0.25, 0.3) is 11.0 Å². The Morgan fingerprint density at radius 2 is 2.19 bits per heavy atom. The van der Waals surface area contributed by atoms with E-state index in [4.69, 9.17) is 0 Å². The third-order valence-electron chi connectivity index (χ3n) is 4.49. The van der Waals surface area contributed by atoms with Gasteiger partial charge in [-0.1, -0.05) is 12.5 Å². The number of rotatable bonds is 3. The predicted octanol–water partition coefficient (Wildman–Crippen LogP) is 2.73. The summed E-state index contributed by atoms with van der Waals surface area (Å²) in [4.78, 5) is 17.3. The number of hydrogen-bond donors (Lipinski definition) is 1. The number of fused-ring (bicyclic) bond motifs is 1. The molecule has 1 saturated heterocycles. The molecule has 114 valence electrons. The molecule has 1 aromatic carbocycles. The van der Waals surface area contributed by atoms with E-state index in [9.17, 15) is 9.18 Å². The minimum Gasteiger partial charge on any atom is -0.303 e. The van der Waals surface area contributed by atoms with E-state index in [1.165, 1.54) is 18.9 Å². The minimum absolute atomic E-state index is 0.218. The Hall–Kier alpha value is -1.62. The van der Waals surface area contributed by atoms with Crippen LogP contribution < -0.4 is 5.69 Å². The Bertz CT molecular complexity index is 688. The van der Waals surface area contributed by atoms with Gasteiger partial charge in [-0.3, -0.25) is 9.47 Å². The third-order valence-corrected chi connectivity index (χ3v) is 4.49. The van der Waals surface area contributed by atoms with Gasteiger partial charge < -0.3 is 4.98 Å². The number of hydrogen-bond acceptors (Lipinski definition) is 2. The van der Waals surface area contributed by atoms with Gasteiger partial charge in [-0.15, -0.1) is 0 Å². The first-order valence-corrected chi connectivity index (χ1v) is 7.70. The molecule has 1 aromatic heterocycles. The number of imidazole rings is 1. The predicted molar refractivity (Wildman–Crippen MR) is 82.0 cm³/mol. The fourth-order valence-corrected chi connectivity index (χ4v) is 3.44. The zero-order chi connectivity index (χ0) is 15.0. The molecule has 0 spiro atoms. The number of aromatic amines is 1. The maximum absolute atomic E-state index is 13.8. The number of piperidine rings is 1. The lowest BCUT2D eigenvalue weighted by atomic mass is 10.0. The third kappa shape index (κ3) is 2.62. The summed E-state index contributed by atoms with van der Waals surface area (Å²) in [6, 6.07) is 5.65.